The van der Waals surface area contributed by atoms with Crippen molar-refractivity contribution in [1.29, 1.82) is 0 Å². The van der Waals surface area contributed by atoms with Gasteiger partial charge >= 0.3 is 0 Å². The van der Waals surface area contributed by atoms with Crippen LogP contribution in [0.3, 0.4) is 0 Å². The van der Waals surface area contributed by atoms with Crippen molar-refractivity contribution in [3.05, 3.63) is 0 Å². The first-order valence-electron chi connectivity index (χ1n) is 5.23. The fourth-order valence-corrected chi connectivity index (χ4v) is 1.18. The van der Waals surface area contributed by atoms with Crippen molar-refractivity contribution in [2.45, 2.75) is 26.3 Å². The van der Waals surface area contributed by atoms with Gasteiger partial charge in [0.05, 0.1) is 0 Å². The van der Waals surface area contributed by atoms with E-state index in [0.29, 0.717) is 6.04 Å². The summed E-state index contributed by atoms with van der Waals surface area (Å²) in [5, 5.41) is 6.56. The van der Waals surface area contributed by atoms with Crippen molar-refractivity contribution in [3.63, 3.8) is 0 Å². The SMILES string of the molecule is CNCCCN(C)CCNC(C)C. The molecular formula is C10H25N3. The van der Waals surface area contributed by atoms with E-state index in [1.165, 1.54) is 13.0 Å². The van der Waals surface area contributed by atoms with Gasteiger partial charge in [-0.25, -0.2) is 0 Å². The van der Waals surface area contributed by atoms with Crippen LogP contribution in [-0.2, 0) is 0 Å². The van der Waals surface area contributed by atoms with E-state index in [0.717, 1.165) is 19.6 Å². The molecule has 3 heteroatoms. The smallest absolute Gasteiger partial charge is 0.0104 e. The van der Waals surface area contributed by atoms with Crippen LogP contribution in [0.15, 0.2) is 0 Å². The monoisotopic (exact) mass is 187 g/mol. The molecule has 0 saturated heterocycles. The molecule has 3 nitrogen and oxygen atoms in total. The first kappa shape index (κ1) is 12.9. The molecule has 0 radical (unpaired) electrons. The average molecular weight is 187 g/mol. The molecule has 0 aliphatic heterocycles. The maximum Gasteiger partial charge on any atom is 0.0104 e. The summed E-state index contributed by atoms with van der Waals surface area (Å²) in [5.74, 6) is 0. The standard InChI is InChI=1S/C10H25N3/c1-10(2)12-7-9-13(4)8-5-6-11-3/h10-12H,5-9H2,1-4H3. The number of likely N-dealkylation sites (N-methyl/N-ethyl adjacent to an activating group) is 1. The molecule has 0 aromatic carbocycles. The van der Waals surface area contributed by atoms with Crippen LogP contribution in [0.1, 0.15) is 20.3 Å². The third-order valence-corrected chi connectivity index (χ3v) is 2.01. The summed E-state index contributed by atoms with van der Waals surface area (Å²) < 4.78 is 0. The minimum absolute atomic E-state index is 0.603. The second-order valence-electron chi connectivity index (χ2n) is 3.87. The third kappa shape index (κ3) is 9.80. The highest BCUT2D eigenvalue weighted by atomic mass is 15.1. The topological polar surface area (TPSA) is 27.3 Å². The van der Waals surface area contributed by atoms with Gasteiger partial charge in [-0.05, 0) is 33.6 Å². The first-order chi connectivity index (χ1) is 6.16. The normalized spacial score (nSPS) is 11.5. The minimum Gasteiger partial charge on any atom is -0.320 e. The summed E-state index contributed by atoms with van der Waals surface area (Å²) in [6.07, 6.45) is 1.23. The highest BCUT2D eigenvalue weighted by Gasteiger charge is 1.97. The van der Waals surface area contributed by atoms with E-state index in [4.69, 9.17) is 0 Å². The maximum atomic E-state index is 3.41. The van der Waals surface area contributed by atoms with Crippen molar-refractivity contribution in [2.75, 3.05) is 40.3 Å². The molecule has 0 unspecified atom stereocenters. The van der Waals surface area contributed by atoms with E-state index in [-0.39, 0.29) is 0 Å². The zero-order chi connectivity index (χ0) is 10.1. The third-order valence-electron chi connectivity index (χ3n) is 2.01. The van der Waals surface area contributed by atoms with Crippen LogP contribution in [0.4, 0.5) is 0 Å². The maximum absolute atomic E-state index is 3.41. The van der Waals surface area contributed by atoms with Crippen molar-refractivity contribution in [3.8, 4) is 0 Å². The Labute approximate surface area is 82.9 Å². The molecule has 0 rings (SSSR count). The van der Waals surface area contributed by atoms with E-state index >= 15 is 0 Å². The Kier molecular flexibility index (Phi) is 8.40. The summed E-state index contributed by atoms with van der Waals surface area (Å²) >= 11 is 0. The Hall–Kier alpha value is -0.120. The molecule has 0 aliphatic carbocycles. The average Bonchev–Trinajstić information content (AvgIpc) is 2.04. The fourth-order valence-electron chi connectivity index (χ4n) is 1.18. The molecule has 2 N–H and O–H groups in total. The molecule has 0 amide bonds. The van der Waals surface area contributed by atoms with Gasteiger partial charge < -0.3 is 15.5 Å². The molecule has 0 saturated carbocycles. The summed E-state index contributed by atoms with van der Waals surface area (Å²) in [4.78, 5) is 2.37. The van der Waals surface area contributed by atoms with Gasteiger partial charge in [0.15, 0.2) is 0 Å². The largest absolute Gasteiger partial charge is 0.320 e. The number of hydrogen-bond donors (Lipinski definition) is 2. The molecule has 0 aromatic heterocycles. The Morgan fingerprint density at radius 2 is 1.85 bits per heavy atom. The van der Waals surface area contributed by atoms with Gasteiger partial charge in [0.2, 0.25) is 0 Å². The second kappa shape index (κ2) is 8.48. The zero-order valence-electron chi connectivity index (χ0n) is 9.56. The summed E-state index contributed by atoms with van der Waals surface area (Å²) in [7, 11) is 4.18. The van der Waals surface area contributed by atoms with Crippen molar-refractivity contribution in [1.82, 2.24) is 15.5 Å². The van der Waals surface area contributed by atoms with Gasteiger partial charge in [0, 0.05) is 19.1 Å². The van der Waals surface area contributed by atoms with Crippen LogP contribution in [0.25, 0.3) is 0 Å². The predicted molar refractivity (Wildman–Crippen MR) is 59.2 cm³/mol. The van der Waals surface area contributed by atoms with Crippen LogP contribution < -0.4 is 10.6 Å². The van der Waals surface area contributed by atoms with Crippen LogP contribution in [-0.4, -0.2) is 51.2 Å². The molecule has 13 heavy (non-hydrogen) atoms. The van der Waals surface area contributed by atoms with Crippen molar-refractivity contribution >= 4 is 0 Å². The number of nitrogens with one attached hydrogen (secondary N) is 2. The lowest BCUT2D eigenvalue weighted by Gasteiger charge is -2.17. The molecule has 0 bridgehead atoms. The Morgan fingerprint density at radius 1 is 1.15 bits per heavy atom. The van der Waals surface area contributed by atoms with Gasteiger partial charge in [-0.1, -0.05) is 13.8 Å². The molecule has 0 heterocycles. The zero-order valence-corrected chi connectivity index (χ0v) is 9.56. The number of rotatable bonds is 8. The molecule has 0 atom stereocenters. The summed E-state index contributed by atoms with van der Waals surface area (Å²) in [6, 6.07) is 0.603. The van der Waals surface area contributed by atoms with E-state index in [2.05, 4.69) is 36.4 Å². The first-order valence-corrected chi connectivity index (χ1v) is 5.23. The quantitative estimate of drug-likeness (QED) is 0.543. The van der Waals surface area contributed by atoms with Crippen LogP contribution >= 0.6 is 0 Å². The van der Waals surface area contributed by atoms with Gasteiger partial charge in [-0.2, -0.15) is 0 Å². The lowest BCUT2D eigenvalue weighted by molar-refractivity contribution is 0.322. The van der Waals surface area contributed by atoms with E-state index < -0.39 is 0 Å². The van der Waals surface area contributed by atoms with Crippen LogP contribution in [0.2, 0.25) is 0 Å². The van der Waals surface area contributed by atoms with Gasteiger partial charge in [0.1, 0.15) is 0 Å². The highest BCUT2D eigenvalue weighted by Crippen LogP contribution is 1.85. The summed E-state index contributed by atoms with van der Waals surface area (Å²) in [6.45, 7) is 8.89. The predicted octanol–water partition coefficient (Wildman–Crippen LogP) is 0.526. The van der Waals surface area contributed by atoms with Crippen molar-refractivity contribution in [2.24, 2.45) is 0 Å². The van der Waals surface area contributed by atoms with Crippen LogP contribution in [0, 0.1) is 0 Å². The molecule has 0 spiro atoms. The van der Waals surface area contributed by atoms with Crippen molar-refractivity contribution < 1.29 is 0 Å². The lowest BCUT2D eigenvalue weighted by atomic mass is 10.3. The lowest BCUT2D eigenvalue weighted by Crippen LogP contribution is -2.33. The molecule has 0 aromatic rings. The fraction of sp³-hybridized carbons (Fsp3) is 1.00. The van der Waals surface area contributed by atoms with E-state index in [1.54, 1.807) is 0 Å². The van der Waals surface area contributed by atoms with Gasteiger partial charge in [0.25, 0.3) is 0 Å². The molecule has 0 aliphatic rings. The highest BCUT2D eigenvalue weighted by molar-refractivity contribution is 4.58. The molecule has 80 valence electrons. The number of hydrogen-bond acceptors (Lipinski definition) is 3. The molecular weight excluding hydrogens is 162 g/mol. The Morgan fingerprint density at radius 3 is 2.38 bits per heavy atom. The van der Waals surface area contributed by atoms with Crippen LogP contribution in [0.5, 0.6) is 0 Å². The van der Waals surface area contributed by atoms with E-state index in [9.17, 15) is 0 Å². The minimum atomic E-state index is 0.603. The summed E-state index contributed by atoms with van der Waals surface area (Å²) in [5.41, 5.74) is 0. The molecule has 0 fully saturated rings. The second-order valence-corrected chi connectivity index (χ2v) is 3.87. The Bertz CT molecular complexity index is 104. The van der Waals surface area contributed by atoms with Gasteiger partial charge in [-0.3, -0.25) is 0 Å². The Balaban J connectivity index is 3.15. The van der Waals surface area contributed by atoms with E-state index in [1.807, 2.05) is 7.05 Å². The van der Waals surface area contributed by atoms with Gasteiger partial charge in [-0.15, -0.1) is 0 Å². The number of nitrogens with zero attached hydrogens (tertiary/aromatic N) is 1.